The predicted molar refractivity (Wildman–Crippen MR) is 83.6 cm³/mol. The summed E-state index contributed by atoms with van der Waals surface area (Å²) in [5.41, 5.74) is 8.26. The van der Waals surface area contributed by atoms with E-state index >= 15 is 0 Å². The molecule has 0 saturated carbocycles. The van der Waals surface area contributed by atoms with Crippen LogP contribution < -0.4 is 11.1 Å². The van der Waals surface area contributed by atoms with E-state index < -0.39 is 0 Å². The van der Waals surface area contributed by atoms with E-state index in [2.05, 4.69) is 10.3 Å². The van der Waals surface area contributed by atoms with Crippen LogP contribution in [0.3, 0.4) is 0 Å². The lowest BCUT2D eigenvalue weighted by Crippen LogP contribution is -2.15. The topological polar surface area (TPSA) is 50.9 Å². The summed E-state index contributed by atoms with van der Waals surface area (Å²) in [4.78, 5) is 4.63. The van der Waals surface area contributed by atoms with Gasteiger partial charge < -0.3 is 11.1 Å². The van der Waals surface area contributed by atoms with Gasteiger partial charge >= 0.3 is 0 Å². The number of anilines is 1. The van der Waals surface area contributed by atoms with Crippen LogP contribution in [0.1, 0.15) is 24.2 Å². The molecule has 0 aliphatic rings. The van der Waals surface area contributed by atoms with E-state index in [1.54, 1.807) is 18.3 Å². The summed E-state index contributed by atoms with van der Waals surface area (Å²) in [7, 11) is 0. The number of rotatable bonds is 4. The highest BCUT2D eigenvalue weighted by Gasteiger charge is 2.11. The Morgan fingerprint density at radius 1 is 1.37 bits per heavy atom. The van der Waals surface area contributed by atoms with Gasteiger partial charge in [0, 0.05) is 22.5 Å². The van der Waals surface area contributed by atoms with Gasteiger partial charge in [-0.25, -0.2) is 0 Å². The summed E-state index contributed by atoms with van der Waals surface area (Å²) in [6, 6.07) is 11.3. The van der Waals surface area contributed by atoms with Crippen LogP contribution in [0.2, 0.25) is 5.02 Å². The van der Waals surface area contributed by atoms with Crippen LogP contribution >= 0.6 is 23.8 Å². The second-order valence-corrected chi connectivity index (χ2v) is 5.05. The monoisotopic (exact) mass is 291 g/mol. The molecular formula is C14H14ClN3S. The molecule has 0 spiro atoms. The van der Waals surface area contributed by atoms with E-state index in [9.17, 15) is 0 Å². The Bertz CT molecular complexity index is 586. The van der Waals surface area contributed by atoms with E-state index in [0.717, 1.165) is 16.9 Å². The molecule has 3 N–H and O–H groups in total. The lowest BCUT2D eigenvalue weighted by molar-refractivity contribution is 0.839. The Hall–Kier alpha value is -1.65. The molecule has 0 bridgehead atoms. The number of pyridine rings is 1. The molecular weight excluding hydrogens is 278 g/mol. The van der Waals surface area contributed by atoms with Gasteiger partial charge in [0.25, 0.3) is 0 Å². The van der Waals surface area contributed by atoms with Gasteiger partial charge in [0.2, 0.25) is 0 Å². The molecule has 0 aliphatic carbocycles. The zero-order chi connectivity index (χ0) is 13.8. The van der Waals surface area contributed by atoms with Crippen molar-refractivity contribution in [3.05, 3.63) is 58.9 Å². The van der Waals surface area contributed by atoms with Crippen molar-refractivity contribution in [2.75, 3.05) is 5.32 Å². The maximum Gasteiger partial charge on any atom is 0.106 e. The summed E-state index contributed by atoms with van der Waals surface area (Å²) < 4.78 is 0. The minimum atomic E-state index is 0.0514. The molecule has 2 aromatic rings. The molecule has 98 valence electrons. The Kier molecular flexibility index (Phi) is 4.35. The van der Waals surface area contributed by atoms with Gasteiger partial charge in [0.1, 0.15) is 4.99 Å². The highest BCUT2D eigenvalue weighted by Crippen LogP contribution is 2.24. The van der Waals surface area contributed by atoms with E-state index in [1.165, 1.54) is 0 Å². The molecule has 2 rings (SSSR count). The Labute approximate surface area is 122 Å². The van der Waals surface area contributed by atoms with Crippen molar-refractivity contribution in [1.82, 2.24) is 4.98 Å². The Morgan fingerprint density at radius 2 is 2.16 bits per heavy atom. The molecule has 0 fully saturated rings. The number of hydrogen-bond acceptors (Lipinski definition) is 3. The highest BCUT2D eigenvalue weighted by molar-refractivity contribution is 7.80. The van der Waals surface area contributed by atoms with Crippen LogP contribution in [0.4, 0.5) is 5.69 Å². The van der Waals surface area contributed by atoms with Crippen molar-refractivity contribution in [1.29, 1.82) is 0 Å². The van der Waals surface area contributed by atoms with Crippen molar-refractivity contribution >= 4 is 34.5 Å². The first-order chi connectivity index (χ1) is 9.08. The average molecular weight is 292 g/mol. The molecule has 3 nitrogen and oxygen atoms in total. The number of halogens is 1. The van der Waals surface area contributed by atoms with Crippen molar-refractivity contribution < 1.29 is 0 Å². The first-order valence-electron chi connectivity index (χ1n) is 5.84. The number of nitrogens with one attached hydrogen (secondary N) is 1. The smallest absolute Gasteiger partial charge is 0.106 e. The number of nitrogens with two attached hydrogens (primary N) is 1. The van der Waals surface area contributed by atoms with Crippen LogP contribution in [0, 0.1) is 0 Å². The molecule has 1 atom stereocenters. The maximum atomic E-state index is 5.96. The summed E-state index contributed by atoms with van der Waals surface area (Å²) in [5, 5.41) is 3.96. The fourth-order valence-corrected chi connectivity index (χ4v) is 2.13. The molecule has 0 radical (unpaired) electrons. The zero-order valence-corrected chi connectivity index (χ0v) is 12.0. The van der Waals surface area contributed by atoms with Crippen LogP contribution in [0.5, 0.6) is 0 Å². The number of aromatic nitrogens is 1. The van der Waals surface area contributed by atoms with Crippen molar-refractivity contribution in [2.24, 2.45) is 5.73 Å². The van der Waals surface area contributed by atoms with E-state index in [4.69, 9.17) is 29.6 Å². The fraction of sp³-hybridized carbons (Fsp3) is 0.143. The summed E-state index contributed by atoms with van der Waals surface area (Å²) in [6.45, 7) is 2.03. The van der Waals surface area contributed by atoms with Gasteiger partial charge in [-0.3, -0.25) is 4.98 Å². The summed E-state index contributed by atoms with van der Waals surface area (Å²) in [5.74, 6) is 0. The van der Waals surface area contributed by atoms with Crippen molar-refractivity contribution in [3.63, 3.8) is 0 Å². The molecule has 0 amide bonds. The van der Waals surface area contributed by atoms with Crippen LogP contribution in [0.25, 0.3) is 0 Å². The molecule has 0 aliphatic heterocycles. The first-order valence-corrected chi connectivity index (χ1v) is 6.63. The van der Waals surface area contributed by atoms with E-state index in [1.807, 2.05) is 31.2 Å². The quantitative estimate of drug-likeness (QED) is 0.846. The number of hydrogen-bond donors (Lipinski definition) is 2. The van der Waals surface area contributed by atoms with Gasteiger partial charge in [0.15, 0.2) is 0 Å². The van der Waals surface area contributed by atoms with Gasteiger partial charge in [0.05, 0.1) is 11.7 Å². The summed E-state index contributed by atoms with van der Waals surface area (Å²) >= 11 is 11.0. The largest absolute Gasteiger partial charge is 0.389 e. The van der Waals surface area contributed by atoms with E-state index in [0.29, 0.717) is 10.0 Å². The van der Waals surface area contributed by atoms with Crippen molar-refractivity contribution in [2.45, 2.75) is 13.0 Å². The van der Waals surface area contributed by atoms with Gasteiger partial charge in [-0.05, 0) is 37.3 Å². The lowest BCUT2D eigenvalue weighted by Gasteiger charge is -2.17. The highest BCUT2D eigenvalue weighted by atomic mass is 35.5. The Balaban J connectivity index is 2.26. The molecule has 19 heavy (non-hydrogen) atoms. The minimum Gasteiger partial charge on any atom is -0.389 e. The first kappa shape index (κ1) is 13.8. The normalized spacial score (nSPS) is 11.9. The number of thiocarbonyl (C=S) groups is 1. The van der Waals surface area contributed by atoms with Crippen LogP contribution in [-0.4, -0.2) is 9.97 Å². The molecule has 1 heterocycles. The third-order valence-electron chi connectivity index (χ3n) is 2.75. The van der Waals surface area contributed by atoms with E-state index in [-0.39, 0.29) is 6.04 Å². The second-order valence-electron chi connectivity index (χ2n) is 4.17. The molecule has 1 aromatic heterocycles. The van der Waals surface area contributed by atoms with Crippen LogP contribution in [-0.2, 0) is 0 Å². The maximum absolute atomic E-state index is 5.96. The van der Waals surface area contributed by atoms with Gasteiger partial charge in [-0.15, -0.1) is 0 Å². The molecule has 1 unspecified atom stereocenters. The number of benzene rings is 1. The standard InChI is InChI=1S/C14H14ClN3S/c1-9(12-4-2-3-7-17-12)18-13-6-5-10(15)8-11(13)14(16)19/h2-9,18H,1H3,(H2,16,19). The number of nitrogens with zero attached hydrogens (tertiary/aromatic N) is 1. The van der Waals surface area contributed by atoms with Crippen molar-refractivity contribution in [3.8, 4) is 0 Å². The summed E-state index contributed by atoms with van der Waals surface area (Å²) in [6.07, 6.45) is 1.77. The van der Waals surface area contributed by atoms with Crippen LogP contribution in [0.15, 0.2) is 42.6 Å². The van der Waals surface area contributed by atoms with Gasteiger partial charge in [-0.2, -0.15) is 0 Å². The SMILES string of the molecule is CC(Nc1ccc(Cl)cc1C(N)=S)c1ccccn1. The average Bonchev–Trinajstić information content (AvgIpc) is 2.41. The third-order valence-corrected chi connectivity index (χ3v) is 3.21. The fourth-order valence-electron chi connectivity index (χ4n) is 1.79. The predicted octanol–water partition coefficient (Wildman–Crippen LogP) is 3.54. The Morgan fingerprint density at radius 3 is 2.79 bits per heavy atom. The van der Waals surface area contributed by atoms with Gasteiger partial charge in [-0.1, -0.05) is 29.9 Å². The zero-order valence-electron chi connectivity index (χ0n) is 10.4. The third kappa shape index (κ3) is 3.43. The minimum absolute atomic E-state index is 0.0514. The second kappa shape index (κ2) is 5.99. The molecule has 5 heteroatoms. The lowest BCUT2D eigenvalue weighted by atomic mass is 10.1. The molecule has 0 saturated heterocycles. The molecule has 1 aromatic carbocycles.